The molecule has 0 aromatic carbocycles. The van der Waals surface area contributed by atoms with Crippen molar-refractivity contribution in [1.29, 1.82) is 0 Å². The molecule has 1 aliphatic heterocycles. The summed E-state index contributed by atoms with van der Waals surface area (Å²) in [5.74, 6) is -1.99. The molecule has 0 saturated carbocycles. The highest BCUT2D eigenvalue weighted by atomic mass is 32.2. The Bertz CT molecular complexity index is 653. The summed E-state index contributed by atoms with van der Waals surface area (Å²) in [6, 6.07) is 0.0851. The number of piperazine rings is 1. The summed E-state index contributed by atoms with van der Waals surface area (Å²) in [6.07, 6.45) is 0. The van der Waals surface area contributed by atoms with E-state index in [1.807, 2.05) is 0 Å². The summed E-state index contributed by atoms with van der Waals surface area (Å²) < 4.78 is 30.7. The van der Waals surface area contributed by atoms with Gasteiger partial charge in [-0.05, 0) is 11.4 Å². The van der Waals surface area contributed by atoms with Gasteiger partial charge in [-0.15, -0.1) is 11.3 Å². The quantitative estimate of drug-likeness (QED) is 0.719. The van der Waals surface area contributed by atoms with Crippen LogP contribution in [0.2, 0.25) is 0 Å². The molecule has 8 nitrogen and oxygen atoms in total. The molecule has 0 bridgehead atoms. The summed E-state index contributed by atoms with van der Waals surface area (Å²) >= 11 is 0.939. The topological polar surface area (TPSA) is 113 Å². The fourth-order valence-corrected chi connectivity index (χ4v) is 4.94. The van der Waals surface area contributed by atoms with Crippen molar-refractivity contribution in [3.63, 3.8) is 0 Å². The minimum absolute atomic E-state index is 0.0201. The van der Waals surface area contributed by atoms with Crippen LogP contribution >= 0.6 is 11.3 Å². The highest BCUT2D eigenvalue weighted by Crippen LogP contribution is 2.27. The molecule has 1 aromatic heterocycles. The van der Waals surface area contributed by atoms with Gasteiger partial charge < -0.3 is 15.2 Å². The number of hydrogen-bond donors (Lipinski definition) is 2. The Balaban J connectivity index is 2.44. The number of carboxylic acids is 1. The highest BCUT2D eigenvalue weighted by molar-refractivity contribution is 7.89. The van der Waals surface area contributed by atoms with Crippen molar-refractivity contribution in [2.75, 3.05) is 26.7 Å². The smallest absolute Gasteiger partial charge is 0.349 e. The second-order valence-corrected chi connectivity index (χ2v) is 7.05. The van der Waals surface area contributed by atoms with Crippen LogP contribution in [0.5, 0.6) is 0 Å². The molecule has 2 N–H and O–H groups in total. The van der Waals surface area contributed by atoms with E-state index in [9.17, 15) is 18.0 Å². The molecule has 1 aromatic rings. The molecular formula is C11H14N2O6S2. The van der Waals surface area contributed by atoms with Gasteiger partial charge in [0.1, 0.15) is 15.8 Å². The van der Waals surface area contributed by atoms with Crippen molar-refractivity contribution in [1.82, 2.24) is 9.62 Å². The van der Waals surface area contributed by atoms with Gasteiger partial charge in [-0.3, -0.25) is 4.79 Å². The lowest BCUT2D eigenvalue weighted by Gasteiger charge is -2.32. The van der Waals surface area contributed by atoms with Crippen LogP contribution < -0.4 is 5.32 Å². The second kappa shape index (κ2) is 6.10. The Morgan fingerprint density at radius 1 is 1.52 bits per heavy atom. The third-order valence-electron chi connectivity index (χ3n) is 3.07. The number of ether oxygens (including phenoxy) is 1. The lowest BCUT2D eigenvalue weighted by Crippen LogP contribution is -2.56. The Labute approximate surface area is 125 Å². The number of esters is 1. The summed E-state index contributed by atoms with van der Waals surface area (Å²) in [5.41, 5.74) is 0. The van der Waals surface area contributed by atoms with Gasteiger partial charge >= 0.3 is 11.9 Å². The Morgan fingerprint density at radius 3 is 2.86 bits per heavy atom. The lowest BCUT2D eigenvalue weighted by molar-refractivity contribution is -0.141. The van der Waals surface area contributed by atoms with Gasteiger partial charge in [-0.2, -0.15) is 4.31 Å². The van der Waals surface area contributed by atoms with Crippen molar-refractivity contribution in [3.05, 3.63) is 16.3 Å². The Morgan fingerprint density at radius 2 is 2.24 bits per heavy atom. The molecule has 0 aliphatic carbocycles. The van der Waals surface area contributed by atoms with Crippen LogP contribution in [0, 0.1) is 0 Å². The molecule has 116 valence electrons. The van der Waals surface area contributed by atoms with Gasteiger partial charge in [0.2, 0.25) is 10.0 Å². The van der Waals surface area contributed by atoms with Gasteiger partial charge in [0, 0.05) is 19.6 Å². The molecule has 10 heteroatoms. The average Bonchev–Trinajstić information content (AvgIpc) is 2.96. The predicted molar refractivity (Wildman–Crippen MR) is 73.8 cm³/mol. The van der Waals surface area contributed by atoms with E-state index < -0.39 is 28.0 Å². The van der Waals surface area contributed by atoms with E-state index in [1.165, 1.54) is 11.4 Å². The third kappa shape index (κ3) is 2.93. The van der Waals surface area contributed by atoms with Crippen LogP contribution in [-0.4, -0.2) is 62.6 Å². The molecule has 1 atom stereocenters. The van der Waals surface area contributed by atoms with Crippen LogP contribution in [0.1, 0.15) is 9.67 Å². The number of carboxylic acid groups (broad SMARTS) is 1. The van der Waals surface area contributed by atoms with Gasteiger partial charge in [-0.1, -0.05) is 0 Å². The SMILES string of the molecule is COC(=O)c1sccc1S(=O)(=O)N1CCNCC1C(=O)O. The number of sulfonamides is 1. The summed E-state index contributed by atoms with van der Waals surface area (Å²) in [4.78, 5) is 22.6. The van der Waals surface area contributed by atoms with Gasteiger partial charge in [0.05, 0.1) is 7.11 Å². The third-order valence-corrected chi connectivity index (χ3v) is 6.04. The average molecular weight is 334 g/mol. The minimum Gasteiger partial charge on any atom is -0.480 e. The number of aliphatic carboxylic acids is 1. The molecule has 0 spiro atoms. The molecule has 1 aliphatic rings. The standard InChI is InChI=1S/C11H14N2O6S2/c1-19-11(16)9-8(2-5-20-9)21(17,18)13-4-3-12-6-7(13)10(14)15/h2,5,7,12H,3-4,6H2,1H3,(H,14,15). The van der Waals surface area contributed by atoms with Crippen molar-refractivity contribution < 1.29 is 27.9 Å². The Kier molecular flexibility index (Phi) is 4.61. The lowest BCUT2D eigenvalue weighted by atomic mass is 10.2. The van der Waals surface area contributed by atoms with Crippen LogP contribution in [0.15, 0.2) is 16.3 Å². The number of carbonyl (C=O) groups is 2. The van der Waals surface area contributed by atoms with E-state index in [4.69, 9.17) is 5.11 Å². The maximum atomic E-state index is 12.6. The number of thiophene rings is 1. The number of carbonyl (C=O) groups excluding carboxylic acids is 1. The van der Waals surface area contributed by atoms with Crippen LogP contribution in [0.4, 0.5) is 0 Å². The normalized spacial score (nSPS) is 20.1. The zero-order valence-electron chi connectivity index (χ0n) is 11.1. The van der Waals surface area contributed by atoms with E-state index in [2.05, 4.69) is 10.1 Å². The van der Waals surface area contributed by atoms with Gasteiger partial charge in [-0.25, -0.2) is 13.2 Å². The van der Waals surface area contributed by atoms with E-state index in [0.29, 0.717) is 6.54 Å². The first-order valence-electron chi connectivity index (χ1n) is 6.00. The first-order valence-corrected chi connectivity index (χ1v) is 8.32. The Hall–Kier alpha value is -1.49. The maximum absolute atomic E-state index is 12.6. The van der Waals surface area contributed by atoms with Gasteiger partial charge in [0.25, 0.3) is 0 Å². The molecule has 1 unspecified atom stereocenters. The molecular weight excluding hydrogens is 320 g/mol. The number of rotatable bonds is 4. The largest absolute Gasteiger partial charge is 0.480 e. The summed E-state index contributed by atoms with van der Waals surface area (Å²) in [7, 11) is -2.92. The minimum atomic E-state index is -4.08. The van der Waals surface area contributed by atoms with Gasteiger partial charge in [0.15, 0.2) is 0 Å². The molecule has 2 heterocycles. The summed E-state index contributed by atoms with van der Waals surface area (Å²) in [6.45, 7) is 0.392. The zero-order valence-corrected chi connectivity index (χ0v) is 12.7. The monoisotopic (exact) mass is 334 g/mol. The molecule has 0 amide bonds. The van der Waals surface area contributed by atoms with E-state index >= 15 is 0 Å². The molecule has 0 radical (unpaired) electrons. The fraction of sp³-hybridized carbons (Fsp3) is 0.455. The second-order valence-electron chi connectivity index (χ2n) is 4.28. The molecule has 1 saturated heterocycles. The fourth-order valence-electron chi connectivity index (χ4n) is 2.05. The zero-order chi connectivity index (χ0) is 15.6. The van der Waals surface area contributed by atoms with Crippen LogP contribution in [0.3, 0.4) is 0 Å². The molecule has 1 fully saturated rings. The van der Waals surface area contributed by atoms with E-state index in [1.54, 1.807) is 0 Å². The number of hydrogen-bond acceptors (Lipinski definition) is 7. The number of nitrogens with one attached hydrogen (secondary N) is 1. The van der Waals surface area contributed by atoms with Crippen molar-refractivity contribution in [2.24, 2.45) is 0 Å². The first kappa shape index (κ1) is 15.9. The number of methoxy groups -OCH3 is 1. The highest BCUT2D eigenvalue weighted by Gasteiger charge is 2.39. The number of nitrogens with zero attached hydrogens (tertiary/aromatic N) is 1. The first-order chi connectivity index (χ1) is 9.89. The van der Waals surface area contributed by atoms with E-state index in [0.717, 1.165) is 22.8 Å². The van der Waals surface area contributed by atoms with Crippen molar-refractivity contribution in [3.8, 4) is 0 Å². The van der Waals surface area contributed by atoms with Crippen LogP contribution in [0.25, 0.3) is 0 Å². The van der Waals surface area contributed by atoms with Crippen LogP contribution in [-0.2, 0) is 19.6 Å². The predicted octanol–water partition coefficient (Wildman–Crippen LogP) is -0.418. The maximum Gasteiger partial charge on any atom is 0.349 e. The molecule has 21 heavy (non-hydrogen) atoms. The molecule has 2 rings (SSSR count). The van der Waals surface area contributed by atoms with Crippen molar-refractivity contribution in [2.45, 2.75) is 10.9 Å². The van der Waals surface area contributed by atoms with Crippen molar-refractivity contribution >= 4 is 33.3 Å². The van der Waals surface area contributed by atoms with E-state index in [-0.39, 0.29) is 22.9 Å². The summed E-state index contributed by atoms with van der Waals surface area (Å²) in [5, 5.41) is 13.5.